The van der Waals surface area contributed by atoms with Crippen molar-refractivity contribution in [2.24, 2.45) is 5.73 Å². The Morgan fingerprint density at radius 1 is 1.20 bits per heavy atom. The predicted octanol–water partition coefficient (Wildman–Crippen LogP) is 1.33. The van der Waals surface area contributed by atoms with Gasteiger partial charge in [0, 0.05) is 49.7 Å². The van der Waals surface area contributed by atoms with E-state index in [1.807, 2.05) is 6.07 Å². The van der Waals surface area contributed by atoms with Gasteiger partial charge in [0.1, 0.15) is 0 Å². The van der Waals surface area contributed by atoms with Crippen LogP contribution in [0.3, 0.4) is 0 Å². The SMILES string of the molecule is NC(=O)CCn1cc(CNCCCN2CCOCC2)c2ccccc21. The highest BCUT2D eigenvalue weighted by Gasteiger charge is 2.10. The Balaban J connectivity index is 1.51. The monoisotopic (exact) mass is 344 g/mol. The Kier molecular flexibility index (Phi) is 6.44. The number of nitrogens with zero attached hydrogens (tertiary/aromatic N) is 2. The summed E-state index contributed by atoms with van der Waals surface area (Å²) in [6, 6.07) is 8.32. The highest BCUT2D eigenvalue weighted by Crippen LogP contribution is 2.21. The van der Waals surface area contributed by atoms with Crippen LogP contribution < -0.4 is 11.1 Å². The Labute approximate surface area is 148 Å². The summed E-state index contributed by atoms with van der Waals surface area (Å²) in [7, 11) is 0. The van der Waals surface area contributed by atoms with Crippen molar-refractivity contribution in [2.45, 2.75) is 25.9 Å². The normalized spacial score (nSPS) is 15.7. The van der Waals surface area contributed by atoms with Gasteiger partial charge in [0.05, 0.1) is 13.2 Å². The predicted molar refractivity (Wildman–Crippen MR) is 99.3 cm³/mol. The second kappa shape index (κ2) is 8.99. The summed E-state index contributed by atoms with van der Waals surface area (Å²) in [5.74, 6) is -0.263. The lowest BCUT2D eigenvalue weighted by Crippen LogP contribution is -2.37. The van der Waals surface area contributed by atoms with E-state index in [4.69, 9.17) is 10.5 Å². The highest BCUT2D eigenvalue weighted by atomic mass is 16.5. The van der Waals surface area contributed by atoms with Gasteiger partial charge in [-0.2, -0.15) is 0 Å². The van der Waals surface area contributed by atoms with Gasteiger partial charge in [-0.1, -0.05) is 18.2 Å². The number of carbonyl (C=O) groups is 1. The molecule has 1 aromatic heterocycles. The molecule has 2 heterocycles. The van der Waals surface area contributed by atoms with E-state index in [-0.39, 0.29) is 5.91 Å². The van der Waals surface area contributed by atoms with Gasteiger partial charge < -0.3 is 20.4 Å². The molecule has 6 heteroatoms. The fraction of sp³-hybridized carbons (Fsp3) is 0.526. The number of primary amides is 1. The summed E-state index contributed by atoms with van der Waals surface area (Å²) < 4.78 is 7.50. The summed E-state index contributed by atoms with van der Waals surface area (Å²) in [6.45, 7) is 7.41. The fourth-order valence-corrected chi connectivity index (χ4v) is 3.35. The van der Waals surface area contributed by atoms with E-state index >= 15 is 0 Å². The number of hydrogen-bond donors (Lipinski definition) is 2. The average molecular weight is 344 g/mol. The van der Waals surface area contributed by atoms with Crippen LogP contribution in [0.1, 0.15) is 18.4 Å². The van der Waals surface area contributed by atoms with Crippen molar-refractivity contribution in [3.05, 3.63) is 36.0 Å². The number of aromatic nitrogens is 1. The van der Waals surface area contributed by atoms with Crippen molar-refractivity contribution in [3.8, 4) is 0 Å². The molecule has 0 bridgehead atoms. The van der Waals surface area contributed by atoms with Crippen molar-refractivity contribution in [1.29, 1.82) is 0 Å². The second-order valence-electron chi connectivity index (χ2n) is 6.57. The van der Waals surface area contributed by atoms with E-state index in [1.165, 1.54) is 10.9 Å². The number of aryl methyl sites for hydroxylation is 1. The van der Waals surface area contributed by atoms with Crippen LogP contribution in [0.25, 0.3) is 10.9 Å². The number of ether oxygens (including phenoxy) is 1. The smallest absolute Gasteiger partial charge is 0.219 e. The van der Waals surface area contributed by atoms with Crippen LogP contribution >= 0.6 is 0 Å². The standard InChI is InChI=1S/C19H28N4O2/c20-19(24)6-9-23-15-16(17-4-1-2-5-18(17)23)14-21-7-3-8-22-10-12-25-13-11-22/h1-2,4-5,15,21H,3,6-14H2,(H2,20,24). The summed E-state index contributed by atoms with van der Waals surface area (Å²) in [5, 5.41) is 4.79. The molecule has 0 unspecified atom stereocenters. The van der Waals surface area contributed by atoms with Gasteiger partial charge in [-0.3, -0.25) is 9.69 Å². The third-order valence-electron chi connectivity index (χ3n) is 4.72. The molecule has 0 radical (unpaired) electrons. The number of nitrogens with two attached hydrogens (primary N) is 1. The quantitative estimate of drug-likeness (QED) is 0.673. The summed E-state index contributed by atoms with van der Waals surface area (Å²) in [4.78, 5) is 13.5. The molecule has 3 rings (SSSR count). The van der Waals surface area contributed by atoms with E-state index in [2.05, 4.69) is 39.2 Å². The summed E-state index contributed by atoms with van der Waals surface area (Å²) >= 11 is 0. The Hall–Kier alpha value is -1.89. The number of hydrogen-bond acceptors (Lipinski definition) is 4. The van der Waals surface area contributed by atoms with Gasteiger partial charge >= 0.3 is 0 Å². The number of nitrogens with one attached hydrogen (secondary N) is 1. The molecule has 6 nitrogen and oxygen atoms in total. The van der Waals surface area contributed by atoms with Gasteiger partial charge in [-0.15, -0.1) is 0 Å². The number of benzene rings is 1. The maximum Gasteiger partial charge on any atom is 0.219 e. The highest BCUT2D eigenvalue weighted by molar-refractivity contribution is 5.84. The zero-order valence-corrected chi connectivity index (χ0v) is 14.7. The molecule has 1 aliphatic rings. The van der Waals surface area contributed by atoms with Crippen LogP contribution in [0.2, 0.25) is 0 Å². The van der Waals surface area contributed by atoms with E-state index in [9.17, 15) is 4.79 Å². The summed E-state index contributed by atoms with van der Waals surface area (Å²) in [6.07, 6.45) is 3.65. The van der Waals surface area contributed by atoms with E-state index < -0.39 is 0 Å². The molecule has 3 N–H and O–H groups in total. The Morgan fingerprint density at radius 3 is 2.80 bits per heavy atom. The molecule has 0 aliphatic carbocycles. The molecule has 25 heavy (non-hydrogen) atoms. The number of carbonyl (C=O) groups excluding carboxylic acids is 1. The lowest BCUT2D eigenvalue weighted by Gasteiger charge is -2.26. The van der Waals surface area contributed by atoms with Gasteiger partial charge in [0.2, 0.25) is 5.91 Å². The van der Waals surface area contributed by atoms with E-state index in [0.717, 1.165) is 57.9 Å². The minimum atomic E-state index is -0.263. The molecule has 0 saturated carbocycles. The van der Waals surface area contributed by atoms with Gasteiger partial charge in [-0.25, -0.2) is 0 Å². The molecule has 1 amide bonds. The summed E-state index contributed by atoms with van der Waals surface area (Å²) in [5.41, 5.74) is 7.72. The first kappa shape index (κ1) is 17.9. The molecule has 2 aromatic rings. The number of morpholine rings is 1. The van der Waals surface area contributed by atoms with Crippen molar-refractivity contribution in [1.82, 2.24) is 14.8 Å². The van der Waals surface area contributed by atoms with Crippen LogP contribution in [-0.4, -0.2) is 54.8 Å². The van der Waals surface area contributed by atoms with Crippen molar-refractivity contribution < 1.29 is 9.53 Å². The maximum atomic E-state index is 11.1. The van der Waals surface area contributed by atoms with Crippen LogP contribution in [0.4, 0.5) is 0 Å². The lowest BCUT2D eigenvalue weighted by atomic mass is 10.2. The molecular weight excluding hydrogens is 316 g/mol. The molecular formula is C19H28N4O2. The first-order valence-electron chi connectivity index (χ1n) is 9.10. The van der Waals surface area contributed by atoms with E-state index in [1.54, 1.807) is 0 Å². The third-order valence-corrected chi connectivity index (χ3v) is 4.72. The van der Waals surface area contributed by atoms with Crippen LogP contribution in [0, 0.1) is 0 Å². The van der Waals surface area contributed by atoms with Crippen molar-refractivity contribution in [3.63, 3.8) is 0 Å². The van der Waals surface area contributed by atoms with Gasteiger partial charge in [0.25, 0.3) is 0 Å². The zero-order valence-electron chi connectivity index (χ0n) is 14.7. The molecule has 1 saturated heterocycles. The van der Waals surface area contributed by atoms with E-state index in [0.29, 0.717) is 13.0 Å². The minimum Gasteiger partial charge on any atom is -0.379 e. The lowest BCUT2D eigenvalue weighted by molar-refractivity contribution is -0.118. The van der Waals surface area contributed by atoms with Crippen molar-refractivity contribution in [2.75, 3.05) is 39.4 Å². The Bertz CT molecular complexity index is 692. The maximum absolute atomic E-state index is 11.1. The fourth-order valence-electron chi connectivity index (χ4n) is 3.35. The molecule has 136 valence electrons. The molecule has 1 aliphatic heterocycles. The molecule has 0 spiro atoms. The third kappa shape index (κ3) is 5.04. The van der Waals surface area contributed by atoms with Crippen LogP contribution in [0.15, 0.2) is 30.5 Å². The number of amides is 1. The van der Waals surface area contributed by atoms with Crippen LogP contribution in [-0.2, 0) is 22.6 Å². The van der Waals surface area contributed by atoms with Crippen LogP contribution in [0.5, 0.6) is 0 Å². The second-order valence-corrected chi connectivity index (χ2v) is 6.57. The molecule has 1 fully saturated rings. The average Bonchev–Trinajstić information content (AvgIpc) is 2.99. The molecule has 1 aromatic carbocycles. The minimum absolute atomic E-state index is 0.263. The topological polar surface area (TPSA) is 72.5 Å². The first-order chi connectivity index (χ1) is 12.2. The van der Waals surface area contributed by atoms with Gasteiger partial charge in [0.15, 0.2) is 0 Å². The Morgan fingerprint density at radius 2 is 2.00 bits per heavy atom. The molecule has 0 atom stereocenters. The zero-order chi connectivity index (χ0) is 17.5. The largest absolute Gasteiger partial charge is 0.379 e. The number of para-hydroxylation sites is 1. The van der Waals surface area contributed by atoms with Gasteiger partial charge in [-0.05, 0) is 31.1 Å². The number of rotatable bonds is 9. The number of fused-ring (bicyclic) bond motifs is 1. The van der Waals surface area contributed by atoms with Crippen molar-refractivity contribution >= 4 is 16.8 Å². The first-order valence-corrected chi connectivity index (χ1v) is 9.10.